The molecule has 2 rings (SSSR count). The predicted octanol–water partition coefficient (Wildman–Crippen LogP) is 5.31. The SMILES string of the molecule is Cc1cccc([C@@H](C)NC(C)c2cc(Br)ccc2F)c1. The fourth-order valence-electron chi connectivity index (χ4n) is 2.35. The molecule has 0 saturated carbocycles. The Hall–Kier alpha value is -1.19. The molecule has 106 valence electrons. The third-order valence-electron chi connectivity index (χ3n) is 3.47. The molecule has 0 aromatic heterocycles. The molecule has 1 nitrogen and oxygen atoms in total. The predicted molar refractivity (Wildman–Crippen MR) is 85.2 cm³/mol. The van der Waals surface area contributed by atoms with E-state index in [4.69, 9.17) is 0 Å². The largest absolute Gasteiger partial charge is 0.304 e. The van der Waals surface area contributed by atoms with Gasteiger partial charge in [0, 0.05) is 22.1 Å². The van der Waals surface area contributed by atoms with Crippen LogP contribution >= 0.6 is 15.9 Å². The summed E-state index contributed by atoms with van der Waals surface area (Å²) in [5, 5.41) is 3.45. The number of hydrogen-bond acceptors (Lipinski definition) is 1. The molecule has 2 atom stereocenters. The highest BCUT2D eigenvalue weighted by Gasteiger charge is 2.14. The van der Waals surface area contributed by atoms with E-state index in [0.717, 1.165) is 4.47 Å². The van der Waals surface area contributed by atoms with E-state index in [1.54, 1.807) is 6.07 Å². The van der Waals surface area contributed by atoms with Crippen LogP contribution in [-0.4, -0.2) is 0 Å². The zero-order valence-corrected chi connectivity index (χ0v) is 13.5. The van der Waals surface area contributed by atoms with Gasteiger partial charge in [0.1, 0.15) is 5.82 Å². The van der Waals surface area contributed by atoms with Crippen LogP contribution in [0.15, 0.2) is 46.9 Å². The first kappa shape index (κ1) is 15.2. The van der Waals surface area contributed by atoms with E-state index in [2.05, 4.69) is 53.3 Å². The monoisotopic (exact) mass is 335 g/mol. The van der Waals surface area contributed by atoms with Crippen LogP contribution in [0.1, 0.15) is 42.6 Å². The normalized spacial score (nSPS) is 14.1. The molecule has 2 aromatic rings. The molecule has 0 aliphatic heterocycles. The average molecular weight is 336 g/mol. The standard InChI is InChI=1S/C17H19BrFN/c1-11-5-4-6-14(9-11)12(2)20-13(3)16-10-15(18)7-8-17(16)19/h4-10,12-13,20H,1-3H3/t12-,13?/m1/s1. The van der Waals surface area contributed by atoms with Gasteiger partial charge < -0.3 is 5.32 Å². The van der Waals surface area contributed by atoms with Gasteiger partial charge in [0.2, 0.25) is 0 Å². The Labute approximate surface area is 128 Å². The van der Waals surface area contributed by atoms with Crippen LogP contribution in [0, 0.1) is 12.7 Å². The van der Waals surface area contributed by atoms with E-state index in [1.165, 1.54) is 17.2 Å². The molecule has 0 radical (unpaired) electrons. The Morgan fingerprint density at radius 1 is 1.05 bits per heavy atom. The van der Waals surface area contributed by atoms with E-state index in [0.29, 0.717) is 5.56 Å². The summed E-state index contributed by atoms with van der Waals surface area (Å²) < 4.78 is 14.8. The van der Waals surface area contributed by atoms with Gasteiger partial charge in [-0.3, -0.25) is 0 Å². The van der Waals surface area contributed by atoms with Crippen molar-refractivity contribution < 1.29 is 4.39 Å². The summed E-state index contributed by atoms with van der Waals surface area (Å²) in [5.41, 5.74) is 3.13. The van der Waals surface area contributed by atoms with Gasteiger partial charge in [0.05, 0.1) is 0 Å². The highest BCUT2D eigenvalue weighted by Crippen LogP contribution is 2.24. The summed E-state index contributed by atoms with van der Waals surface area (Å²) in [6, 6.07) is 13.5. The minimum atomic E-state index is -0.176. The highest BCUT2D eigenvalue weighted by molar-refractivity contribution is 9.10. The minimum Gasteiger partial charge on any atom is -0.304 e. The number of aryl methyl sites for hydroxylation is 1. The van der Waals surface area contributed by atoms with Gasteiger partial charge in [-0.2, -0.15) is 0 Å². The Morgan fingerprint density at radius 2 is 1.80 bits per heavy atom. The first-order chi connectivity index (χ1) is 9.47. The molecule has 0 aliphatic rings. The third kappa shape index (κ3) is 3.68. The summed E-state index contributed by atoms with van der Waals surface area (Å²) in [5.74, 6) is -0.176. The number of benzene rings is 2. The molecule has 0 bridgehead atoms. The maximum Gasteiger partial charge on any atom is 0.128 e. The zero-order chi connectivity index (χ0) is 14.7. The molecule has 0 amide bonds. The molecule has 0 fully saturated rings. The third-order valence-corrected chi connectivity index (χ3v) is 3.96. The van der Waals surface area contributed by atoms with E-state index in [-0.39, 0.29) is 17.9 Å². The van der Waals surface area contributed by atoms with Gasteiger partial charge in [-0.05, 0) is 44.5 Å². The van der Waals surface area contributed by atoms with Crippen molar-refractivity contribution in [2.75, 3.05) is 0 Å². The lowest BCUT2D eigenvalue weighted by atomic mass is 10.0. The zero-order valence-electron chi connectivity index (χ0n) is 12.0. The van der Waals surface area contributed by atoms with Crippen LogP contribution in [-0.2, 0) is 0 Å². The molecule has 0 heterocycles. The van der Waals surface area contributed by atoms with Crippen molar-refractivity contribution in [2.24, 2.45) is 0 Å². The lowest BCUT2D eigenvalue weighted by Crippen LogP contribution is -2.23. The van der Waals surface area contributed by atoms with Gasteiger partial charge in [0.15, 0.2) is 0 Å². The Kier molecular flexibility index (Phi) is 4.95. The van der Waals surface area contributed by atoms with E-state index < -0.39 is 0 Å². The molecule has 0 saturated heterocycles. The Bertz CT molecular complexity index is 597. The van der Waals surface area contributed by atoms with Crippen LogP contribution in [0.4, 0.5) is 4.39 Å². The van der Waals surface area contributed by atoms with Crippen LogP contribution in [0.25, 0.3) is 0 Å². The summed E-state index contributed by atoms with van der Waals surface area (Å²) in [6.45, 7) is 6.16. The van der Waals surface area contributed by atoms with Crippen molar-refractivity contribution in [3.8, 4) is 0 Å². The van der Waals surface area contributed by atoms with Crippen molar-refractivity contribution in [1.29, 1.82) is 0 Å². The minimum absolute atomic E-state index is 0.0528. The quantitative estimate of drug-likeness (QED) is 0.798. The van der Waals surface area contributed by atoms with Crippen molar-refractivity contribution in [1.82, 2.24) is 5.32 Å². The fraction of sp³-hybridized carbons (Fsp3) is 0.294. The maximum atomic E-state index is 13.9. The maximum absolute atomic E-state index is 13.9. The van der Waals surface area contributed by atoms with Gasteiger partial charge in [-0.25, -0.2) is 4.39 Å². The second kappa shape index (κ2) is 6.51. The summed E-state index contributed by atoms with van der Waals surface area (Å²) in [7, 11) is 0. The topological polar surface area (TPSA) is 12.0 Å². The second-order valence-electron chi connectivity index (χ2n) is 5.19. The summed E-state index contributed by atoms with van der Waals surface area (Å²) in [4.78, 5) is 0. The van der Waals surface area contributed by atoms with E-state index in [1.807, 2.05) is 19.1 Å². The average Bonchev–Trinajstić information content (AvgIpc) is 2.41. The Balaban J connectivity index is 2.15. The van der Waals surface area contributed by atoms with E-state index >= 15 is 0 Å². The molecule has 0 aliphatic carbocycles. The molecule has 3 heteroatoms. The van der Waals surface area contributed by atoms with Crippen molar-refractivity contribution in [3.05, 3.63) is 69.4 Å². The number of halogens is 2. The van der Waals surface area contributed by atoms with Gasteiger partial charge in [-0.1, -0.05) is 45.8 Å². The number of nitrogens with one attached hydrogen (secondary N) is 1. The van der Waals surface area contributed by atoms with Gasteiger partial charge in [0.25, 0.3) is 0 Å². The molecule has 2 aromatic carbocycles. The molecule has 1 N–H and O–H groups in total. The number of rotatable bonds is 4. The molecule has 20 heavy (non-hydrogen) atoms. The molecule has 0 spiro atoms. The van der Waals surface area contributed by atoms with Crippen LogP contribution in [0.3, 0.4) is 0 Å². The summed E-state index contributed by atoms with van der Waals surface area (Å²) >= 11 is 3.39. The number of hydrogen-bond donors (Lipinski definition) is 1. The van der Waals surface area contributed by atoms with Crippen molar-refractivity contribution in [3.63, 3.8) is 0 Å². The van der Waals surface area contributed by atoms with Gasteiger partial charge >= 0.3 is 0 Å². The Morgan fingerprint density at radius 3 is 2.50 bits per heavy atom. The lowest BCUT2D eigenvalue weighted by Gasteiger charge is -2.21. The molecule has 1 unspecified atom stereocenters. The second-order valence-corrected chi connectivity index (χ2v) is 6.11. The smallest absolute Gasteiger partial charge is 0.128 e. The first-order valence-corrected chi connectivity index (χ1v) is 7.54. The van der Waals surface area contributed by atoms with Crippen LogP contribution < -0.4 is 5.32 Å². The van der Waals surface area contributed by atoms with Gasteiger partial charge in [-0.15, -0.1) is 0 Å². The van der Waals surface area contributed by atoms with Crippen LogP contribution in [0.5, 0.6) is 0 Å². The van der Waals surface area contributed by atoms with Crippen LogP contribution in [0.2, 0.25) is 0 Å². The highest BCUT2D eigenvalue weighted by atomic mass is 79.9. The van der Waals surface area contributed by atoms with Crippen molar-refractivity contribution >= 4 is 15.9 Å². The first-order valence-electron chi connectivity index (χ1n) is 6.75. The molecular weight excluding hydrogens is 317 g/mol. The summed E-state index contributed by atoms with van der Waals surface area (Å²) in [6.07, 6.45) is 0. The van der Waals surface area contributed by atoms with Crippen molar-refractivity contribution in [2.45, 2.75) is 32.9 Å². The fourth-order valence-corrected chi connectivity index (χ4v) is 2.73. The lowest BCUT2D eigenvalue weighted by molar-refractivity contribution is 0.473. The molecular formula is C17H19BrFN. The van der Waals surface area contributed by atoms with E-state index in [9.17, 15) is 4.39 Å².